The van der Waals surface area contributed by atoms with Crippen LogP contribution in [0.3, 0.4) is 0 Å². The molecular weight excluding hydrogens is 477 g/mol. The number of aromatic nitrogens is 2. The van der Waals surface area contributed by atoms with Gasteiger partial charge in [-0.1, -0.05) is 6.92 Å². The number of carbonyl (C=O) groups is 1. The molecule has 1 aliphatic heterocycles. The van der Waals surface area contributed by atoms with Crippen molar-refractivity contribution in [3.05, 3.63) is 65.4 Å². The molecule has 1 aliphatic carbocycles. The number of ketones is 1. The van der Waals surface area contributed by atoms with Gasteiger partial charge in [-0.15, -0.1) is 0 Å². The Kier molecular flexibility index (Phi) is 7.47. The Bertz CT molecular complexity index is 1270. The first kappa shape index (κ1) is 25.6. The predicted octanol–water partition coefficient (Wildman–Crippen LogP) is 6.05. The molecule has 0 radical (unpaired) electrons. The Hall–Kier alpha value is -3.00. The van der Waals surface area contributed by atoms with Crippen molar-refractivity contribution in [2.45, 2.75) is 76.3 Å². The summed E-state index contributed by atoms with van der Waals surface area (Å²) in [5, 5.41) is 0.167. The summed E-state index contributed by atoms with van der Waals surface area (Å²) in [6.45, 7) is 2.67. The number of alkyl halides is 2. The molecule has 1 aromatic carbocycles. The Morgan fingerprint density at radius 3 is 2.78 bits per heavy atom. The quantitative estimate of drug-likeness (QED) is 0.409. The van der Waals surface area contributed by atoms with E-state index in [1.807, 2.05) is 6.07 Å². The van der Waals surface area contributed by atoms with Gasteiger partial charge >= 0.3 is 0 Å². The molecule has 0 spiro atoms. The summed E-state index contributed by atoms with van der Waals surface area (Å²) in [6.07, 6.45) is 7.38. The molecule has 8 heteroatoms. The number of nitrogens with zero attached hydrogens (tertiary/aromatic N) is 3. The summed E-state index contributed by atoms with van der Waals surface area (Å²) in [6, 6.07) is 5.46. The molecule has 2 aliphatic rings. The van der Waals surface area contributed by atoms with E-state index in [1.165, 1.54) is 18.3 Å². The molecule has 5 nitrogen and oxygen atoms in total. The van der Waals surface area contributed by atoms with Crippen LogP contribution in [-0.2, 0) is 6.42 Å². The molecule has 3 heterocycles. The zero-order chi connectivity index (χ0) is 26.1. The Labute approximate surface area is 215 Å². The van der Waals surface area contributed by atoms with E-state index in [1.54, 1.807) is 23.4 Å². The number of nitrogens with two attached hydrogens (primary N) is 1. The number of anilines is 1. The van der Waals surface area contributed by atoms with E-state index in [4.69, 9.17) is 5.73 Å². The molecule has 1 unspecified atom stereocenters. The molecular formula is C29H33F3N4O. The SMILES string of the molecule is C[C@@H]1C[C@H](N)C[C@H](c2ccncc2CC(=O)c2ccc(F)c3cc(N4CCCCC4C(F)F)cnc23)C1. The predicted molar refractivity (Wildman–Crippen MR) is 139 cm³/mol. The number of hydrogen-bond acceptors (Lipinski definition) is 5. The largest absolute Gasteiger partial charge is 0.362 e. The minimum atomic E-state index is -2.50. The molecule has 2 N–H and O–H groups in total. The van der Waals surface area contributed by atoms with Crippen molar-refractivity contribution in [3.8, 4) is 0 Å². The summed E-state index contributed by atoms with van der Waals surface area (Å²) in [5.74, 6) is 0.0619. The van der Waals surface area contributed by atoms with E-state index in [-0.39, 0.29) is 35.1 Å². The van der Waals surface area contributed by atoms with Gasteiger partial charge in [-0.2, -0.15) is 0 Å². The van der Waals surface area contributed by atoms with E-state index < -0.39 is 18.3 Å². The van der Waals surface area contributed by atoms with Crippen LogP contribution >= 0.6 is 0 Å². The van der Waals surface area contributed by atoms with Crippen molar-refractivity contribution >= 4 is 22.4 Å². The van der Waals surface area contributed by atoms with Gasteiger partial charge in [0.2, 0.25) is 0 Å². The lowest BCUT2D eigenvalue weighted by Gasteiger charge is -2.36. The highest BCUT2D eigenvalue weighted by molar-refractivity contribution is 6.08. The summed E-state index contributed by atoms with van der Waals surface area (Å²) >= 11 is 0. The molecule has 196 valence electrons. The lowest BCUT2D eigenvalue weighted by atomic mass is 9.75. The Morgan fingerprint density at radius 2 is 2.00 bits per heavy atom. The first-order valence-corrected chi connectivity index (χ1v) is 13.2. The van der Waals surface area contributed by atoms with E-state index in [0.29, 0.717) is 30.1 Å². The maximum atomic E-state index is 14.9. The topological polar surface area (TPSA) is 72.1 Å². The van der Waals surface area contributed by atoms with Crippen molar-refractivity contribution < 1.29 is 18.0 Å². The van der Waals surface area contributed by atoms with Crippen molar-refractivity contribution in [1.82, 2.24) is 9.97 Å². The highest BCUT2D eigenvalue weighted by Crippen LogP contribution is 2.37. The van der Waals surface area contributed by atoms with Crippen LogP contribution in [-0.4, -0.2) is 40.8 Å². The summed E-state index contributed by atoms with van der Waals surface area (Å²) in [4.78, 5) is 23.8. The number of carbonyl (C=O) groups excluding carboxylic acids is 1. The second-order valence-electron chi connectivity index (χ2n) is 10.7. The van der Waals surface area contributed by atoms with Gasteiger partial charge < -0.3 is 10.6 Å². The van der Waals surface area contributed by atoms with Crippen LogP contribution < -0.4 is 10.6 Å². The van der Waals surface area contributed by atoms with Crippen molar-refractivity contribution in [1.29, 1.82) is 0 Å². The van der Waals surface area contributed by atoms with Crippen LogP contribution in [0.5, 0.6) is 0 Å². The third-order valence-electron chi connectivity index (χ3n) is 7.97. The number of benzene rings is 1. The Balaban J connectivity index is 1.45. The van der Waals surface area contributed by atoms with Gasteiger partial charge in [0.05, 0.1) is 23.4 Å². The van der Waals surface area contributed by atoms with Gasteiger partial charge in [0.15, 0.2) is 5.78 Å². The monoisotopic (exact) mass is 510 g/mol. The minimum absolute atomic E-state index is 0.118. The molecule has 37 heavy (non-hydrogen) atoms. The summed E-state index contributed by atoms with van der Waals surface area (Å²) < 4.78 is 42.2. The highest BCUT2D eigenvalue weighted by atomic mass is 19.3. The molecule has 3 aromatic rings. The number of piperidine rings is 1. The Morgan fingerprint density at radius 1 is 1.16 bits per heavy atom. The minimum Gasteiger partial charge on any atom is -0.362 e. The first-order valence-electron chi connectivity index (χ1n) is 13.2. The van der Waals surface area contributed by atoms with Gasteiger partial charge in [-0.05, 0) is 85.8 Å². The summed E-state index contributed by atoms with van der Waals surface area (Å²) in [7, 11) is 0. The lowest BCUT2D eigenvalue weighted by molar-refractivity contribution is 0.0991. The number of halogens is 3. The van der Waals surface area contributed by atoms with Crippen LogP contribution in [0.4, 0.5) is 18.9 Å². The highest BCUT2D eigenvalue weighted by Gasteiger charge is 2.31. The fourth-order valence-electron chi connectivity index (χ4n) is 6.26. The third-order valence-corrected chi connectivity index (χ3v) is 7.97. The van der Waals surface area contributed by atoms with E-state index >= 15 is 0 Å². The van der Waals surface area contributed by atoms with Crippen LogP contribution in [0.15, 0.2) is 42.9 Å². The lowest BCUT2D eigenvalue weighted by Crippen LogP contribution is -2.44. The number of pyridine rings is 2. The van der Waals surface area contributed by atoms with Crippen LogP contribution in [0.25, 0.3) is 10.9 Å². The zero-order valence-corrected chi connectivity index (χ0v) is 21.0. The van der Waals surface area contributed by atoms with E-state index in [0.717, 1.165) is 43.2 Å². The number of hydrogen-bond donors (Lipinski definition) is 1. The van der Waals surface area contributed by atoms with Gasteiger partial charge in [-0.25, -0.2) is 13.2 Å². The molecule has 2 aromatic heterocycles. The standard InChI is InChI=1S/C29H33F3N4O/c1-17-10-18(12-20(33)11-17)22-7-8-34-15-19(22)13-27(37)23-5-6-25(30)24-14-21(16-35-28(23)24)36-9-3-2-4-26(36)29(31)32/h5-8,14-18,20,26,29H,2-4,9-13,33H2,1H3/t17-,18+,20-,26?/m0/s1. The second-order valence-corrected chi connectivity index (χ2v) is 10.7. The molecule has 1 saturated carbocycles. The number of Topliss-reactive ketones (excluding diaryl/α,β-unsaturated/α-hetero) is 1. The average molecular weight is 511 g/mol. The van der Waals surface area contributed by atoms with Gasteiger partial charge in [0, 0.05) is 42.4 Å². The van der Waals surface area contributed by atoms with Gasteiger partial charge in [0.25, 0.3) is 6.43 Å². The zero-order valence-electron chi connectivity index (χ0n) is 21.0. The van der Waals surface area contributed by atoms with Gasteiger partial charge in [0.1, 0.15) is 5.82 Å². The fraction of sp³-hybridized carbons (Fsp3) is 0.483. The fourth-order valence-corrected chi connectivity index (χ4v) is 6.26. The van der Waals surface area contributed by atoms with Crippen molar-refractivity contribution in [3.63, 3.8) is 0 Å². The molecule has 1 saturated heterocycles. The number of rotatable bonds is 6. The van der Waals surface area contributed by atoms with Crippen molar-refractivity contribution in [2.24, 2.45) is 11.7 Å². The first-order chi connectivity index (χ1) is 17.8. The van der Waals surface area contributed by atoms with E-state index in [2.05, 4.69) is 16.9 Å². The van der Waals surface area contributed by atoms with Crippen LogP contribution in [0.1, 0.15) is 72.9 Å². The second kappa shape index (κ2) is 10.8. The summed E-state index contributed by atoms with van der Waals surface area (Å²) in [5.41, 5.74) is 9.25. The van der Waals surface area contributed by atoms with E-state index in [9.17, 15) is 18.0 Å². The van der Waals surface area contributed by atoms with Gasteiger partial charge in [-0.3, -0.25) is 14.8 Å². The maximum Gasteiger partial charge on any atom is 0.258 e. The molecule has 0 bridgehead atoms. The van der Waals surface area contributed by atoms with Crippen LogP contribution in [0, 0.1) is 11.7 Å². The average Bonchev–Trinajstić information content (AvgIpc) is 2.88. The van der Waals surface area contributed by atoms with Crippen molar-refractivity contribution in [2.75, 3.05) is 11.4 Å². The normalized spacial score (nSPS) is 24.5. The molecule has 2 fully saturated rings. The molecule has 0 amide bonds. The number of fused-ring (bicyclic) bond motifs is 1. The smallest absolute Gasteiger partial charge is 0.258 e. The molecule has 5 rings (SSSR count). The maximum absolute atomic E-state index is 14.9. The third kappa shape index (κ3) is 5.35. The van der Waals surface area contributed by atoms with Crippen LogP contribution in [0.2, 0.25) is 0 Å². The molecule has 4 atom stereocenters.